The molecule has 3 aromatic rings. The minimum Gasteiger partial charge on any atom is -0.488 e. The van der Waals surface area contributed by atoms with E-state index in [2.05, 4.69) is 10.5 Å². The van der Waals surface area contributed by atoms with Gasteiger partial charge in [-0.15, -0.1) is 0 Å². The van der Waals surface area contributed by atoms with E-state index in [0.717, 1.165) is 11.1 Å². The van der Waals surface area contributed by atoms with Crippen molar-refractivity contribution in [1.29, 1.82) is 0 Å². The predicted molar refractivity (Wildman–Crippen MR) is 104 cm³/mol. The summed E-state index contributed by atoms with van der Waals surface area (Å²) in [5.74, 6) is 0.0584. The Hall–Kier alpha value is -3.44. The molecule has 0 heterocycles. The van der Waals surface area contributed by atoms with Gasteiger partial charge in [0.1, 0.15) is 12.4 Å². The minimum atomic E-state index is -1.27. The molecule has 136 valence electrons. The summed E-state index contributed by atoms with van der Waals surface area (Å²) in [4.78, 5) is 12.0. The smallest absolute Gasteiger partial charge is 0.273 e. The van der Waals surface area contributed by atoms with Gasteiger partial charge in [0.15, 0.2) is 6.10 Å². The predicted octanol–water partition coefficient (Wildman–Crippen LogP) is 3.45. The van der Waals surface area contributed by atoms with E-state index >= 15 is 0 Å². The summed E-state index contributed by atoms with van der Waals surface area (Å²) in [6.45, 7) is 0.435. The van der Waals surface area contributed by atoms with E-state index in [9.17, 15) is 9.90 Å². The molecular weight excluding hydrogens is 340 g/mol. The van der Waals surface area contributed by atoms with Gasteiger partial charge in [0.25, 0.3) is 5.91 Å². The molecule has 0 saturated heterocycles. The summed E-state index contributed by atoms with van der Waals surface area (Å²) in [5.41, 5.74) is 4.65. The summed E-state index contributed by atoms with van der Waals surface area (Å²) in [6.07, 6.45) is 0.226. The van der Waals surface area contributed by atoms with Crippen LogP contribution in [0.2, 0.25) is 0 Å². The Labute approximate surface area is 157 Å². The third-order valence-corrected chi connectivity index (χ3v) is 3.90. The van der Waals surface area contributed by atoms with E-state index in [1.807, 2.05) is 60.7 Å². The number of carbonyl (C=O) groups excluding carboxylic acids is 1. The number of ether oxygens (including phenoxy) is 1. The first-order valence-corrected chi connectivity index (χ1v) is 8.56. The molecule has 0 saturated carbocycles. The number of hydrogen-bond acceptors (Lipinski definition) is 4. The molecule has 5 nitrogen and oxygen atoms in total. The highest BCUT2D eigenvalue weighted by Crippen LogP contribution is 2.18. The largest absolute Gasteiger partial charge is 0.488 e. The lowest BCUT2D eigenvalue weighted by molar-refractivity contribution is -0.129. The number of nitrogens with one attached hydrogen (secondary N) is 1. The van der Waals surface area contributed by atoms with Crippen molar-refractivity contribution in [3.63, 3.8) is 0 Å². The van der Waals surface area contributed by atoms with Gasteiger partial charge in [0.2, 0.25) is 0 Å². The standard InChI is InChI=1S/C22H20N2O3/c25-21(18-11-5-2-6-12-18)22(26)24-23-15-19-13-7-8-14-20(19)27-16-17-9-3-1-4-10-17/h1-15,21,25H,16H2,(H,24,26). The summed E-state index contributed by atoms with van der Waals surface area (Å²) >= 11 is 0. The fraction of sp³-hybridized carbons (Fsp3) is 0.0909. The Morgan fingerprint density at radius 1 is 0.963 bits per heavy atom. The molecule has 1 atom stereocenters. The van der Waals surface area contributed by atoms with Gasteiger partial charge in [-0.05, 0) is 23.3 Å². The zero-order valence-corrected chi connectivity index (χ0v) is 14.7. The molecule has 0 radical (unpaired) electrons. The van der Waals surface area contributed by atoms with Gasteiger partial charge in [0, 0.05) is 5.56 Å². The number of rotatable bonds is 7. The van der Waals surface area contributed by atoms with Crippen LogP contribution in [0.25, 0.3) is 0 Å². The topological polar surface area (TPSA) is 70.9 Å². The molecule has 0 spiro atoms. The highest BCUT2D eigenvalue weighted by atomic mass is 16.5. The Morgan fingerprint density at radius 3 is 2.33 bits per heavy atom. The second kappa shape index (κ2) is 9.31. The highest BCUT2D eigenvalue weighted by Gasteiger charge is 2.16. The van der Waals surface area contributed by atoms with Gasteiger partial charge in [0.05, 0.1) is 6.21 Å². The van der Waals surface area contributed by atoms with Gasteiger partial charge in [-0.1, -0.05) is 72.8 Å². The van der Waals surface area contributed by atoms with E-state index in [0.29, 0.717) is 17.9 Å². The van der Waals surface area contributed by atoms with Crippen LogP contribution in [-0.4, -0.2) is 17.2 Å². The molecule has 2 N–H and O–H groups in total. The Morgan fingerprint density at radius 2 is 1.59 bits per heavy atom. The van der Waals surface area contributed by atoms with Gasteiger partial charge >= 0.3 is 0 Å². The molecule has 1 unspecified atom stereocenters. The average molecular weight is 360 g/mol. The van der Waals surface area contributed by atoms with Crippen LogP contribution >= 0.6 is 0 Å². The molecule has 0 aromatic heterocycles. The van der Waals surface area contributed by atoms with E-state index < -0.39 is 12.0 Å². The fourth-order valence-corrected chi connectivity index (χ4v) is 2.47. The van der Waals surface area contributed by atoms with Crippen molar-refractivity contribution < 1.29 is 14.6 Å². The molecular formula is C22H20N2O3. The number of para-hydroxylation sites is 1. The lowest BCUT2D eigenvalue weighted by Crippen LogP contribution is -2.25. The lowest BCUT2D eigenvalue weighted by atomic mass is 10.1. The number of carbonyl (C=O) groups is 1. The van der Waals surface area contributed by atoms with Crippen LogP contribution in [0.15, 0.2) is 90.0 Å². The Bertz CT molecular complexity index is 896. The SMILES string of the molecule is O=C(NN=Cc1ccccc1OCc1ccccc1)C(O)c1ccccc1. The van der Waals surface area contributed by atoms with Crippen LogP contribution in [0.4, 0.5) is 0 Å². The third-order valence-electron chi connectivity index (χ3n) is 3.90. The van der Waals surface area contributed by atoms with Crippen LogP contribution in [0.3, 0.4) is 0 Å². The van der Waals surface area contributed by atoms with Crippen molar-refractivity contribution in [2.24, 2.45) is 5.10 Å². The zero-order chi connectivity index (χ0) is 18.9. The van der Waals surface area contributed by atoms with Gasteiger partial charge in [-0.25, -0.2) is 5.43 Å². The molecule has 0 aliphatic rings. The van der Waals surface area contributed by atoms with Crippen LogP contribution in [0.1, 0.15) is 22.8 Å². The summed E-state index contributed by atoms with van der Waals surface area (Å²) in [6, 6.07) is 26.0. The second-order valence-electron chi connectivity index (χ2n) is 5.86. The average Bonchev–Trinajstić information content (AvgIpc) is 2.74. The van der Waals surface area contributed by atoms with E-state index in [-0.39, 0.29) is 0 Å². The number of amides is 1. The van der Waals surface area contributed by atoms with Crippen molar-refractivity contribution in [2.45, 2.75) is 12.7 Å². The lowest BCUT2D eigenvalue weighted by Gasteiger charge is -2.10. The molecule has 0 aliphatic carbocycles. The van der Waals surface area contributed by atoms with Crippen LogP contribution in [-0.2, 0) is 11.4 Å². The van der Waals surface area contributed by atoms with E-state index in [1.165, 1.54) is 6.21 Å². The number of aliphatic hydroxyl groups is 1. The summed E-state index contributed by atoms with van der Waals surface area (Å²) < 4.78 is 5.84. The van der Waals surface area contributed by atoms with Crippen molar-refractivity contribution in [3.8, 4) is 5.75 Å². The second-order valence-corrected chi connectivity index (χ2v) is 5.86. The summed E-state index contributed by atoms with van der Waals surface area (Å²) in [5, 5.41) is 14.0. The number of nitrogens with zero attached hydrogens (tertiary/aromatic N) is 1. The number of benzene rings is 3. The monoisotopic (exact) mass is 360 g/mol. The molecule has 0 bridgehead atoms. The summed E-state index contributed by atoms with van der Waals surface area (Å²) in [7, 11) is 0. The first kappa shape index (κ1) is 18.4. The molecule has 3 rings (SSSR count). The fourth-order valence-electron chi connectivity index (χ4n) is 2.47. The van der Waals surface area contributed by atoms with Gasteiger partial charge < -0.3 is 9.84 Å². The maximum Gasteiger partial charge on any atom is 0.273 e. The highest BCUT2D eigenvalue weighted by molar-refractivity contribution is 5.86. The molecule has 27 heavy (non-hydrogen) atoms. The van der Waals surface area contributed by atoms with Crippen molar-refractivity contribution in [2.75, 3.05) is 0 Å². The quantitative estimate of drug-likeness (QED) is 0.501. The molecule has 1 amide bonds. The Balaban J connectivity index is 1.61. The van der Waals surface area contributed by atoms with Crippen molar-refractivity contribution in [3.05, 3.63) is 102 Å². The van der Waals surface area contributed by atoms with E-state index in [4.69, 9.17) is 4.74 Å². The maximum atomic E-state index is 12.0. The number of hydrogen-bond donors (Lipinski definition) is 2. The normalized spacial score (nSPS) is 11.9. The van der Waals surface area contributed by atoms with Crippen LogP contribution in [0.5, 0.6) is 5.75 Å². The van der Waals surface area contributed by atoms with Gasteiger partial charge in [-0.2, -0.15) is 5.10 Å². The minimum absolute atomic E-state index is 0.435. The van der Waals surface area contributed by atoms with E-state index in [1.54, 1.807) is 24.3 Å². The maximum absolute atomic E-state index is 12.0. The van der Waals surface area contributed by atoms with Crippen molar-refractivity contribution >= 4 is 12.1 Å². The first-order valence-electron chi connectivity index (χ1n) is 8.56. The molecule has 5 heteroatoms. The number of hydrazone groups is 1. The van der Waals surface area contributed by atoms with Gasteiger partial charge in [-0.3, -0.25) is 4.79 Å². The Kier molecular flexibility index (Phi) is 6.33. The molecule has 0 fully saturated rings. The first-order chi connectivity index (χ1) is 13.2. The number of aliphatic hydroxyl groups excluding tert-OH is 1. The van der Waals surface area contributed by atoms with Crippen LogP contribution in [0, 0.1) is 0 Å². The third kappa shape index (κ3) is 5.26. The molecule has 3 aromatic carbocycles. The molecule has 0 aliphatic heterocycles. The zero-order valence-electron chi connectivity index (χ0n) is 14.7. The van der Waals surface area contributed by atoms with Crippen molar-refractivity contribution in [1.82, 2.24) is 5.43 Å². The van der Waals surface area contributed by atoms with Crippen LogP contribution < -0.4 is 10.2 Å².